The summed E-state index contributed by atoms with van der Waals surface area (Å²) in [4.78, 5) is 14.7. The Bertz CT molecular complexity index is 373. The number of carbonyl (C=O) groups is 1. The highest BCUT2D eigenvalue weighted by molar-refractivity contribution is 9.10. The van der Waals surface area contributed by atoms with Gasteiger partial charge in [-0.05, 0) is 22.0 Å². The van der Waals surface area contributed by atoms with Crippen LogP contribution in [0.5, 0.6) is 5.88 Å². The molecule has 0 aliphatic carbocycles. The quantitative estimate of drug-likeness (QED) is 0.798. The van der Waals surface area contributed by atoms with Gasteiger partial charge >= 0.3 is 12.6 Å². The van der Waals surface area contributed by atoms with Crippen molar-refractivity contribution in [3.63, 3.8) is 0 Å². The van der Waals surface area contributed by atoms with E-state index in [0.29, 0.717) is 0 Å². The van der Waals surface area contributed by atoms with E-state index in [0.717, 1.165) is 0 Å². The number of hydrogen-bond donors (Lipinski definition) is 0. The lowest BCUT2D eigenvalue weighted by molar-refractivity contribution is -0.0534. The third kappa shape index (κ3) is 2.85. The first kappa shape index (κ1) is 11.8. The van der Waals surface area contributed by atoms with Gasteiger partial charge in [-0.3, -0.25) is 0 Å². The molecule has 0 aromatic carbocycles. The van der Waals surface area contributed by atoms with Crippen LogP contribution in [0.2, 0.25) is 0 Å². The van der Waals surface area contributed by atoms with Gasteiger partial charge in [0.15, 0.2) is 0 Å². The number of esters is 1. The molecule has 0 bridgehead atoms. The summed E-state index contributed by atoms with van der Waals surface area (Å²) in [6.07, 6.45) is 1.18. The molecule has 0 unspecified atom stereocenters. The molecule has 0 atom stereocenters. The molecule has 0 aliphatic heterocycles. The molecule has 4 nitrogen and oxygen atoms in total. The Kier molecular flexibility index (Phi) is 3.96. The van der Waals surface area contributed by atoms with Crippen LogP contribution in [0.4, 0.5) is 8.78 Å². The van der Waals surface area contributed by atoms with Gasteiger partial charge in [-0.15, -0.1) is 0 Å². The Morgan fingerprint density at radius 2 is 2.27 bits per heavy atom. The SMILES string of the molecule is COC(=O)c1ccnc(OC(F)F)c1Br. The summed E-state index contributed by atoms with van der Waals surface area (Å²) in [5.41, 5.74) is 0.0724. The number of alkyl halides is 2. The highest BCUT2D eigenvalue weighted by Gasteiger charge is 2.17. The molecule has 0 saturated heterocycles. The predicted octanol–water partition coefficient (Wildman–Crippen LogP) is 2.23. The average molecular weight is 282 g/mol. The molecule has 0 saturated carbocycles. The van der Waals surface area contributed by atoms with Crippen molar-refractivity contribution < 1.29 is 23.0 Å². The minimum Gasteiger partial charge on any atom is -0.465 e. The van der Waals surface area contributed by atoms with Crippen molar-refractivity contribution in [1.29, 1.82) is 0 Å². The van der Waals surface area contributed by atoms with Gasteiger partial charge in [0.05, 0.1) is 17.1 Å². The molecule has 82 valence electrons. The standard InChI is InChI=1S/C8H6BrF2NO3/c1-14-7(13)4-2-3-12-6(5(4)9)15-8(10)11/h2-3,8H,1H3. The second-order valence-corrected chi connectivity index (χ2v) is 3.14. The number of nitrogens with zero attached hydrogens (tertiary/aromatic N) is 1. The molecule has 0 fully saturated rings. The number of methoxy groups -OCH3 is 1. The molecular weight excluding hydrogens is 276 g/mol. The maximum Gasteiger partial charge on any atom is 0.388 e. The lowest BCUT2D eigenvalue weighted by Crippen LogP contribution is -2.08. The van der Waals surface area contributed by atoms with Crippen molar-refractivity contribution in [2.75, 3.05) is 7.11 Å². The second-order valence-electron chi connectivity index (χ2n) is 2.35. The van der Waals surface area contributed by atoms with E-state index in [1.165, 1.54) is 19.4 Å². The van der Waals surface area contributed by atoms with Crippen molar-refractivity contribution in [2.24, 2.45) is 0 Å². The number of aromatic nitrogens is 1. The fourth-order valence-corrected chi connectivity index (χ4v) is 1.35. The highest BCUT2D eigenvalue weighted by Crippen LogP contribution is 2.27. The summed E-state index contributed by atoms with van der Waals surface area (Å²) in [6, 6.07) is 1.33. The Labute approximate surface area is 92.3 Å². The molecule has 0 spiro atoms. The van der Waals surface area contributed by atoms with Gasteiger partial charge in [0.25, 0.3) is 0 Å². The predicted molar refractivity (Wildman–Crippen MR) is 49.9 cm³/mol. The third-order valence-corrected chi connectivity index (χ3v) is 2.23. The van der Waals surface area contributed by atoms with Gasteiger partial charge in [-0.1, -0.05) is 0 Å². The third-order valence-electron chi connectivity index (χ3n) is 1.46. The van der Waals surface area contributed by atoms with Crippen LogP contribution in [-0.4, -0.2) is 24.7 Å². The summed E-state index contributed by atoms with van der Waals surface area (Å²) in [6.45, 7) is -3.00. The van der Waals surface area contributed by atoms with E-state index in [2.05, 4.69) is 30.4 Å². The van der Waals surface area contributed by atoms with E-state index in [1.54, 1.807) is 0 Å². The van der Waals surface area contributed by atoms with Crippen molar-refractivity contribution in [1.82, 2.24) is 4.98 Å². The number of pyridine rings is 1. The largest absolute Gasteiger partial charge is 0.465 e. The second kappa shape index (κ2) is 5.01. The number of rotatable bonds is 3. The molecule has 1 heterocycles. The van der Waals surface area contributed by atoms with Gasteiger partial charge < -0.3 is 9.47 Å². The topological polar surface area (TPSA) is 48.4 Å². The van der Waals surface area contributed by atoms with Gasteiger partial charge in [0, 0.05) is 6.20 Å². The summed E-state index contributed by atoms with van der Waals surface area (Å²) in [7, 11) is 1.18. The molecule has 0 amide bonds. The van der Waals surface area contributed by atoms with Gasteiger partial charge in [-0.2, -0.15) is 8.78 Å². The lowest BCUT2D eigenvalue weighted by Gasteiger charge is -2.07. The average Bonchev–Trinajstić information content (AvgIpc) is 2.19. The molecule has 0 radical (unpaired) electrons. The number of hydrogen-bond acceptors (Lipinski definition) is 4. The van der Waals surface area contributed by atoms with Crippen LogP contribution in [0.1, 0.15) is 10.4 Å². The zero-order valence-corrected chi connectivity index (χ0v) is 9.12. The fourth-order valence-electron chi connectivity index (χ4n) is 0.859. The maximum absolute atomic E-state index is 11.9. The van der Waals surface area contributed by atoms with Gasteiger partial charge in [0.1, 0.15) is 0 Å². The van der Waals surface area contributed by atoms with Gasteiger partial charge in [-0.25, -0.2) is 9.78 Å². The van der Waals surface area contributed by atoms with E-state index >= 15 is 0 Å². The molecule has 1 rings (SSSR count). The van der Waals surface area contributed by atoms with Crippen molar-refractivity contribution in [2.45, 2.75) is 6.61 Å². The van der Waals surface area contributed by atoms with Crippen LogP contribution in [-0.2, 0) is 4.74 Å². The Morgan fingerprint density at radius 1 is 1.60 bits per heavy atom. The minimum atomic E-state index is -3.00. The van der Waals surface area contributed by atoms with Crippen LogP contribution < -0.4 is 4.74 Å². The zero-order valence-electron chi connectivity index (χ0n) is 7.54. The monoisotopic (exact) mass is 281 g/mol. The molecule has 1 aromatic heterocycles. The van der Waals surface area contributed by atoms with E-state index in [-0.39, 0.29) is 15.9 Å². The van der Waals surface area contributed by atoms with Crippen molar-refractivity contribution in [3.05, 3.63) is 22.3 Å². The highest BCUT2D eigenvalue weighted by atomic mass is 79.9. The smallest absolute Gasteiger partial charge is 0.388 e. The number of carbonyl (C=O) groups excluding carboxylic acids is 1. The molecule has 1 aromatic rings. The van der Waals surface area contributed by atoms with E-state index < -0.39 is 12.6 Å². The van der Waals surface area contributed by atoms with Crippen LogP contribution in [0.15, 0.2) is 16.7 Å². The Morgan fingerprint density at radius 3 is 2.80 bits per heavy atom. The molecule has 0 aliphatic rings. The number of halogens is 3. The lowest BCUT2D eigenvalue weighted by atomic mass is 10.3. The van der Waals surface area contributed by atoms with Gasteiger partial charge in [0.2, 0.25) is 5.88 Å². The normalized spacial score (nSPS) is 10.2. The van der Waals surface area contributed by atoms with E-state index in [1.807, 2.05) is 0 Å². The zero-order chi connectivity index (χ0) is 11.4. The van der Waals surface area contributed by atoms with E-state index in [4.69, 9.17) is 0 Å². The summed E-state index contributed by atoms with van der Waals surface area (Å²) in [5.74, 6) is -1.02. The number of ether oxygens (including phenoxy) is 2. The first-order chi connectivity index (χ1) is 7.06. The van der Waals surface area contributed by atoms with Crippen molar-refractivity contribution >= 4 is 21.9 Å². The van der Waals surface area contributed by atoms with Crippen LogP contribution >= 0.6 is 15.9 Å². The molecule has 7 heteroatoms. The summed E-state index contributed by atoms with van der Waals surface area (Å²) < 4.78 is 32.4. The first-order valence-corrected chi connectivity index (χ1v) is 4.53. The molecular formula is C8H6BrF2NO3. The van der Waals surface area contributed by atoms with Crippen LogP contribution in [0.3, 0.4) is 0 Å². The van der Waals surface area contributed by atoms with E-state index in [9.17, 15) is 13.6 Å². The Balaban J connectivity index is 3.05. The molecule has 15 heavy (non-hydrogen) atoms. The fraction of sp³-hybridized carbons (Fsp3) is 0.250. The maximum atomic E-state index is 11.9. The minimum absolute atomic E-state index is 0.0390. The summed E-state index contributed by atoms with van der Waals surface area (Å²) in [5, 5.41) is 0. The molecule has 0 N–H and O–H groups in total. The Hall–Kier alpha value is -1.24. The van der Waals surface area contributed by atoms with Crippen LogP contribution in [0, 0.1) is 0 Å². The summed E-state index contributed by atoms with van der Waals surface area (Å²) >= 11 is 2.93. The first-order valence-electron chi connectivity index (χ1n) is 3.74. The van der Waals surface area contributed by atoms with Crippen molar-refractivity contribution in [3.8, 4) is 5.88 Å². The van der Waals surface area contributed by atoms with Crippen LogP contribution in [0.25, 0.3) is 0 Å².